The number of rotatable bonds is 5. The molecule has 1 saturated heterocycles. The molecule has 2 amide bonds. The van der Waals surface area contributed by atoms with Crippen molar-refractivity contribution >= 4 is 33.1 Å². The molecule has 2 aliphatic rings. The van der Waals surface area contributed by atoms with E-state index >= 15 is 0 Å². The van der Waals surface area contributed by atoms with Crippen molar-refractivity contribution in [2.45, 2.75) is 31.8 Å². The number of carbonyl (C=O) groups excluding carboxylic acids is 2. The van der Waals surface area contributed by atoms with E-state index in [-0.39, 0.29) is 48.2 Å². The number of amides is 2. The van der Waals surface area contributed by atoms with Crippen molar-refractivity contribution in [2.24, 2.45) is 5.10 Å². The second kappa shape index (κ2) is 7.66. The zero-order valence-corrected chi connectivity index (χ0v) is 16.1. The quantitative estimate of drug-likeness (QED) is 0.521. The summed E-state index contributed by atoms with van der Waals surface area (Å²) in [5.41, 5.74) is 0.445. The van der Waals surface area contributed by atoms with Gasteiger partial charge in [-0.25, -0.2) is 13.4 Å². The molecule has 3 rings (SSSR count). The Bertz CT molecular complexity index is 958. The van der Waals surface area contributed by atoms with Crippen LogP contribution in [0.1, 0.15) is 24.8 Å². The van der Waals surface area contributed by atoms with Crippen molar-refractivity contribution < 1.29 is 22.9 Å². The third-order valence-electron chi connectivity index (χ3n) is 4.80. The highest BCUT2D eigenvalue weighted by atomic mass is 32.2. The van der Waals surface area contributed by atoms with Gasteiger partial charge in [-0.3, -0.25) is 19.7 Å². The summed E-state index contributed by atoms with van der Waals surface area (Å²) in [6.07, 6.45) is 0.514. The zero-order chi connectivity index (χ0) is 20.5. The maximum absolute atomic E-state index is 12.7. The van der Waals surface area contributed by atoms with Crippen molar-refractivity contribution in [3.63, 3.8) is 0 Å². The van der Waals surface area contributed by atoms with Gasteiger partial charge >= 0.3 is 0 Å². The molecule has 1 unspecified atom stereocenters. The first-order chi connectivity index (χ1) is 13.2. The average molecular weight is 408 g/mol. The van der Waals surface area contributed by atoms with Crippen LogP contribution in [0.3, 0.4) is 0 Å². The number of nitrogens with zero attached hydrogens (tertiary/aromatic N) is 4. The van der Waals surface area contributed by atoms with Crippen molar-refractivity contribution in [1.82, 2.24) is 9.91 Å². The van der Waals surface area contributed by atoms with E-state index in [0.717, 1.165) is 5.01 Å². The van der Waals surface area contributed by atoms with Crippen LogP contribution in [0.4, 0.5) is 5.69 Å². The van der Waals surface area contributed by atoms with E-state index in [1.807, 2.05) is 0 Å². The predicted octanol–water partition coefficient (Wildman–Crippen LogP) is 0.719. The van der Waals surface area contributed by atoms with E-state index in [2.05, 4.69) is 5.10 Å². The molecule has 2 heterocycles. The number of para-hydroxylation sites is 1. The fraction of sp³-hybridized carbons (Fsp3) is 0.471. The Morgan fingerprint density at radius 2 is 2.07 bits per heavy atom. The summed E-state index contributed by atoms with van der Waals surface area (Å²) < 4.78 is 23.4. The molecule has 0 saturated carbocycles. The van der Waals surface area contributed by atoms with Gasteiger partial charge in [0.2, 0.25) is 5.91 Å². The summed E-state index contributed by atoms with van der Waals surface area (Å²) in [5, 5.41) is 16.4. The fourth-order valence-electron chi connectivity index (χ4n) is 3.35. The zero-order valence-electron chi connectivity index (χ0n) is 15.3. The summed E-state index contributed by atoms with van der Waals surface area (Å²) in [5.74, 6) is -0.912. The van der Waals surface area contributed by atoms with Crippen molar-refractivity contribution in [1.29, 1.82) is 0 Å². The first-order valence-corrected chi connectivity index (χ1v) is 10.6. The van der Waals surface area contributed by atoms with Crippen LogP contribution in [-0.2, 0) is 26.0 Å². The molecule has 150 valence electrons. The lowest BCUT2D eigenvalue weighted by Gasteiger charge is -2.28. The van der Waals surface area contributed by atoms with Crippen molar-refractivity contribution in [3.8, 4) is 0 Å². The predicted molar refractivity (Wildman–Crippen MR) is 100 cm³/mol. The van der Waals surface area contributed by atoms with Gasteiger partial charge in [-0.1, -0.05) is 18.2 Å². The Hall–Kier alpha value is -2.82. The maximum atomic E-state index is 12.7. The van der Waals surface area contributed by atoms with Crippen LogP contribution in [0.5, 0.6) is 0 Å². The van der Waals surface area contributed by atoms with Gasteiger partial charge < -0.3 is 4.90 Å². The van der Waals surface area contributed by atoms with Gasteiger partial charge in [0.1, 0.15) is 5.71 Å². The molecular weight excluding hydrogens is 388 g/mol. The highest BCUT2D eigenvalue weighted by Crippen LogP contribution is 2.23. The number of carbonyl (C=O) groups is 2. The fourth-order valence-corrected chi connectivity index (χ4v) is 5.04. The number of nitro groups is 1. The molecule has 10 nitrogen and oxygen atoms in total. The van der Waals surface area contributed by atoms with Gasteiger partial charge in [0, 0.05) is 31.5 Å². The first kappa shape index (κ1) is 19.9. The monoisotopic (exact) mass is 408 g/mol. The third-order valence-corrected chi connectivity index (χ3v) is 6.55. The number of hydrogen-bond donors (Lipinski definition) is 0. The molecule has 0 radical (unpaired) electrons. The molecule has 1 aromatic rings. The Kier molecular flexibility index (Phi) is 5.45. The van der Waals surface area contributed by atoms with E-state index in [1.54, 1.807) is 18.2 Å². The normalized spacial score (nSPS) is 21.3. The topological polar surface area (TPSA) is 130 Å². The van der Waals surface area contributed by atoms with Crippen LogP contribution in [0.2, 0.25) is 0 Å². The molecule has 1 aromatic carbocycles. The standard InChI is InChI=1S/C17H20N4O6S/c1-19(10-12-4-2-3-5-15(12)21(24)25)17(23)14-6-7-16(22)20(18-14)13-8-9-28(26,27)11-13/h2-5,13H,6-11H2,1H3. The molecule has 0 aliphatic carbocycles. The molecule has 28 heavy (non-hydrogen) atoms. The minimum absolute atomic E-state index is 0.00216. The van der Waals surface area contributed by atoms with E-state index in [0.29, 0.717) is 12.0 Å². The minimum atomic E-state index is -3.20. The average Bonchev–Trinajstić information content (AvgIpc) is 3.01. The summed E-state index contributed by atoms with van der Waals surface area (Å²) in [4.78, 5) is 36.8. The smallest absolute Gasteiger partial charge is 0.274 e. The number of sulfone groups is 1. The van der Waals surface area contributed by atoms with Gasteiger partial charge in [0.25, 0.3) is 11.6 Å². The van der Waals surface area contributed by atoms with Crippen LogP contribution >= 0.6 is 0 Å². The number of benzene rings is 1. The number of hydrogen-bond acceptors (Lipinski definition) is 7. The van der Waals surface area contributed by atoms with Crippen LogP contribution < -0.4 is 0 Å². The van der Waals surface area contributed by atoms with Gasteiger partial charge in [-0.2, -0.15) is 5.10 Å². The Morgan fingerprint density at radius 3 is 2.71 bits per heavy atom. The Morgan fingerprint density at radius 1 is 1.36 bits per heavy atom. The van der Waals surface area contributed by atoms with E-state index in [4.69, 9.17) is 0 Å². The highest BCUT2D eigenvalue weighted by Gasteiger charge is 2.37. The maximum Gasteiger partial charge on any atom is 0.274 e. The van der Waals surface area contributed by atoms with Gasteiger partial charge in [0.05, 0.1) is 29.0 Å². The van der Waals surface area contributed by atoms with Crippen LogP contribution in [0.15, 0.2) is 29.4 Å². The second-order valence-electron chi connectivity index (χ2n) is 6.89. The molecule has 0 aromatic heterocycles. The van der Waals surface area contributed by atoms with Crippen LogP contribution in [0, 0.1) is 10.1 Å². The summed E-state index contributed by atoms with van der Waals surface area (Å²) >= 11 is 0. The summed E-state index contributed by atoms with van der Waals surface area (Å²) in [6, 6.07) is 5.59. The number of nitro benzene ring substituents is 1. The lowest BCUT2D eigenvalue weighted by molar-refractivity contribution is -0.385. The van der Waals surface area contributed by atoms with Gasteiger partial charge in [-0.15, -0.1) is 0 Å². The lowest BCUT2D eigenvalue weighted by Crippen LogP contribution is -2.44. The van der Waals surface area contributed by atoms with Crippen LogP contribution in [0.25, 0.3) is 0 Å². The van der Waals surface area contributed by atoms with Gasteiger partial charge in [0.15, 0.2) is 9.84 Å². The molecule has 0 spiro atoms. The molecule has 1 atom stereocenters. The third kappa shape index (κ3) is 4.19. The Labute approximate surface area is 161 Å². The largest absolute Gasteiger partial charge is 0.336 e. The molecule has 2 aliphatic heterocycles. The van der Waals surface area contributed by atoms with Crippen molar-refractivity contribution in [3.05, 3.63) is 39.9 Å². The number of hydrazone groups is 1. The molecule has 1 fully saturated rings. The van der Waals surface area contributed by atoms with E-state index in [9.17, 15) is 28.1 Å². The minimum Gasteiger partial charge on any atom is -0.336 e. The molecule has 0 bridgehead atoms. The van der Waals surface area contributed by atoms with Crippen molar-refractivity contribution in [2.75, 3.05) is 18.6 Å². The van der Waals surface area contributed by atoms with E-state index in [1.165, 1.54) is 18.0 Å². The summed E-state index contributed by atoms with van der Waals surface area (Å²) in [6.45, 7) is 0.0146. The highest BCUT2D eigenvalue weighted by molar-refractivity contribution is 7.91. The molecular formula is C17H20N4O6S. The first-order valence-electron chi connectivity index (χ1n) is 8.75. The SMILES string of the molecule is CN(Cc1ccccc1[N+](=O)[O-])C(=O)C1=NN(C2CCS(=O)(=O)C2)C(=O)CC1. The molecule has 11 heteroatoms. The second-order valence-corrected chi connectivity index (χ2v) is 9.12. The van der Waals surface area contributed by atoms with E-state index < -0.39 is 26.7 Å². The molecule has 0 N–H and O–H groups in total. The lowest BCUT2D eigenvalue weighted by atomic mass is 10.1. The van der Waals surface area contributed by atoms with Gasteiger partial charge in [-0.05, 0) is 6.42 Å². The Balaban J connectivity index is 1.77. The van der Waals surface area contributed by atoms with Crippen LogP contribution in [-0.4, -0.2) is 65.4 Å². The summed E-state index contributed by atoms with van der Waals surface area (Å²) in [7, 11) is -1.70.